The van der Waals surface area contributed by atoms with Crippen LogP contribution in [0.25, 0.3) is 10.9 Å². The van der Waals surface area contributed by atoms with Crippen LogP contribution in [0.4, 0.5) is 5.69 Å². The molecule has 0 atom stereocenters. The number of aromatic nitrogens is 1. The fourth-order valence-corrected chi connectivity index (χ4v) is 4.57. The second-order valence-corrected chi connectivity index (χ2v) is 8.96. The Morgan fingerprint density at radius 2 is 1.88 bits per heavy atom. The molecule has 2 aromatic carbocycles. The van der Waals surface area contributed by atoms with Crippen LogP contribution in [-0.2, 0) is 16.0 Å². The third-order valence-corrected chi connectivity index (χ3v) is 6.50. The van der Waals surface area contributed by atoms with E-state index in [-0.39, 0.29) is 0 Å². The van der Waals surface area contributed by atoms with Gasteiger partial charge in [-0.1, -0.05) is 42.0 Å². The van der Waals surface area contributed by atoms with Crippen molar-refractivity contribution in [3.05, 3.63) is 65.4 Å². The zero-order valence-electron chi connectivity index (χ0n) is 20.4. The maximum Gasteiger partial charge on any atom is 0.293 e. The summed E-state index contributed by atoms with van der Waals surface area (Å²) >= 11 is 0. The maximum atomic E-state index is 9.18. The van der Waals surface area contributed by atoms with Gasteiger partial charge in [0.2, 0.25) is 0 Å². The highest BCUT2D eigenvalue weighted by Gasteiger charge is 2.19. The summed E-state index contributed by atoms with van der Waals surface area (Å²) in [6.07, 6.45) is 5.11. The second kappa shape index (κ2) is 13.0. The maximum absolute atomic E-state index is 9.18. The standard InChI is InChI=1S/C25H33N3.C3H6O2/c1-19-8-9-24-23(18-19)25(20(2)27-24)26-14-10-22-12-16-28(17-13-22)15-11-21-6-4-3-5-7-21;1-2-5-3-4/h3-9,18,22,26-27H,10-17H2,1-2H3;3H,2H2,1H3. The fraction of sp³-hybridized carbons (Fsp3) is 0.464. The number of hydrogen-bond acceptors (Lipinski definition) is 4. The van der Waals surface area contributed by atoms with Crippen molar-refractivity contribution in [2.75, 3.05) is 38.1 Å². The number of hydrogen-bond donors (Lipinski definition) is 2. The van der Waals surface area contributed by atoms with E-state index < -0.39 is 0 Å². The van der Waals surface area contributed by atoms with Crippen molar-refractivity contribution < 1.29 is 9.53 Å². The molecule has 5 nitrogen and oxygen atoms in total. The lowest BCUT2D eigenvalue weighted by molar-refractivity contribution is -0.128. The monoisotopic (exact) mass is 449 g/mol. The first-order chi connectivity index (χ1) is 16.1. The number of rotatable bonds is 9. The minimum Gasteiger partial charge on any atom is -0.468 e. The van der Waals surface area contributed by atoms with Gasteiger partial charge in [0.05, 0.1) is 12.3 Å². The third-order valence-electron chi connectivity index (χ3n) is 6.50. The van der Waals surface area contributed by atoms with Crippen molar-refractivity contribution in [1.82, 2.24) is 9.88 Å². The first-order valence-corrected chi connectivity index (χ1v) is 12.2. The molecule has 1 aliphatic heterocycles. The molecule has 4 rings (SSSR count). The van der Waals surface area contributed by atoms with Gasteiger partial charge in [-0.25, -0.2) is 0 Å². The molecule has 0 unspecified atom stereocenters. The van der Waals surface area contributed by atoms with Gasteiger partial charge in [0.25, 0.3) is 6.47 Å². The van der Waals surface area contributed by atoms with Crippen LogP contribution in [0.5, 0.6) is 0 Å². The number of benzene rings is 2. The number of fused-ring (bicyclic) bond motifs is 1. The van der Waals surface area contributed by atoms with Crippen LogP contribution in [0, 0.1) is 19.8 Å². The Labute approximate surface area is 198 Å². The summed E-state index contributed by atoms with van der Waals surface area (Å²) in [4.78, 5) is 15.3. The van der Waals surface area contributed by atoms with Crippen LogP contribution in [0.15, 0.2) is 48.5 Å². The predicted octanol–water partition coefficient (Wildman–Crippen LogP) is 5.72. The summed E-state index contributed by atoms with van der Waals surface area (Å²) < 4.78 is 4.15. The number of piperidine rings is 1. The molecule has 1 saturated heterocycles. The van der Waals surface area contributed by atoms with Crippen molar-refractivity contribution in [2.45, 2.75) is 46.5 Å². The van der Waals surface area contributed by atoms with Gasteiger partial charge < -0.3 is 19.9 Å². The lowest BCUT2D eigenvalue weighted by Gasteiger charge is -2.32. The minimum atomic E-state index is 0.431. The van der Waals surface area contributed by atoms with Crippen molar-refractivity contribution in [2.24, 2.45) is 5.92 Å². The molecule has 0 radical (unpaired) electrons. The number of anilines is 1. The number of carbonyl (C=O) groups is 1. The Morgan fingerprint density at radius 3 is 2.55 bits per heavy atom. The molecular weight excluding hydrogens is 410 g/mol. The van der Waals surface area contributed by atoms with Gasteiger partial charge in [0.15, 0.2) is 0 Å². The highest BCUT2D eigenvalue weighted by atomic mass is 16.5. The summed E-state index contributed by atoms with van der Waals surface area (Å²) in [6.45, 7) is 11.8. The third kappa shape index (κ3) is 7.64. The zero-order chi connectivity index (χ0) is 23.5. The van der Waals surface area contributed by atoms with Crippen LogP contribution >= 0.6 is 0 Å². The number of aromatic amines is 1. The van der Waals surface area contributed by atoms with Crippen LogP contribution in [-0.4, -0.2) is 49.1 Å². The van der Waals surface area contributed by atoms with Gasteiger partial charge in [-0.2, -0.15) is 0 Å². The van der Waals surface area contributed by atoms with Crippen molar-refractivity contribution >= 4 is 23.1 Å². The smallest absolute Gasteiger partial charge is 0.293 e. The molecule has 0 aliphatic carbocycles. The number of aryl methyl sites for hydroxylation is 2. The number of ether oxygens (including phenoxy) is 1. The van der Waals surface area contributed by atoms with E-state index in [4.69, 9.17) is 0 Å². The SMILES string of the molecule is CCOC=O.Cc1ccc2[nH]c(C)c(NCCC3CCN(CCc4ccccc4)CC3)c2c1. The van der Waals surface area contributed by atoms with E-state index in [1.165, 1.54) is 78.7 Å². The predicted molar refractivity (Wildman–Crippen MR) is 138 cm³/mol. The highest BCUT2D eigenvalue weighted by molar-refractivity contribution is 5.94. The number of likely N-dealkylation sites (tertiary alicyclic amines) is 1. The summed E-state index contributed by atoms with van der Waals surface area (Å²) in [5.74, 6) is 0.854. The molecule has 3 aromatic rings. The van der Waals surface area contributed by atoms with Gasteiger partial charge >= 0.3 is 0 Å². The Morgan fingerprint density at radius 1 is 1.12 bits per heavy atom. The van der Waals surface area contributed by atoms with Gasteiger partial charge in [0.1, 0.15) is 0 Å². The molecule has 0 bridgehead atoms. The molecule has 1 fully saturated rings. The number of nitrogens with one attached hydrogen (secondary N) is 2. The average molecular weight is 450 g/mol. The van der Waals surface area contributed by atoms with E-state index in [0.717, 1.165) is 12.5 Å². The van der Waals surface area contributed by atoms with E-state index in [2.05, 4.69) is 82.3 Å². The van der Waals surface area contributed by atoms with Gasteiger partial charge in [-0.05, 0) is 83.2 Å². The largest absolute Gasteiger partial charge is 0.468 e. The van der Waals surface area contributed by atoms with Crippen molar-refractivity contribution in [1.29, 1.82) is 0 Å². The van der Waals surface area contributed by atoms with E-state index in [1.807, 2.05) is 0 Å². The van der Waals surface area contributed by atoms with Crippen molar-refractivity contribution in [3.63, 3.8) is 0 Å². The molecule has 2 heterocycles. The van der Waals surface area contributed by atoms with Crippen LogP contribution < -0.4 is 5.32 Å². The van der Waals surface area contributed by atoms with Crippen LogP contribution in [0.2, 0.25) is 0 Å². The summed E-state index contributed by atoms with van der Waals surface area (Å²) in [5.41, 5.74) is 6.54. The first kappa shape index (κ1) is 24.8. The summed E-state index contributed by atoms with van der Waals surface area (Å²) in [6, 6.07) is 17.5. The normalized spacial score (nSPS) is 14.5. The van der Waals surface area contributed by atoms with E-state index in [1.54, 1.807) is 6.92 Å². The Balaban J connectivity index is 0.000000555. The van der Waals surface area contributed by atoms with Gasteiger partial charge in [-0.15, -0.1) is 0 Å². The lowest BCUT2D eigenvalue weighted by Crippen LogP contribution is -2.35. The Kier molecular flexibility index (Phi) is 9.82. The van der Waals surface area contributed by atoms with E-state index >= 15 is 0 Å². The quantitative estimate of drug-likeness (QED) is 0.410. The van der Waals surface area contributed by atoms with Crippen LogP contribution in [0.3, 0.4) is 0 Å². The van der Waals surface area contributed by atoms with Gasteiger partial charge in [0, 0.05) is 29.7 Å². The van der Waals surface area contributed by atoms with Crippen LogP contribution in [0.1, 0.15) is 43.0 Å². The summed E-state index contributed by atoms with van der Waals surface area (Å²) in [7, 11) is 0. The lowest BCUT2D eigenvalue weighted by atomic mass is 9.93. The molecular formula is C28H39N3O2. The number of H-pyrrole nitrogens is 1. The first-order valence-electron chi connectivity index (χ1n) is 12.2. The average Bonchev–Trinajstić information content (AvgIpc) is 3.14. The summed E-state index contributed by atoms with van der Waals surface area (Å²) in [5, 5.41) is 5.05. The second-order valence-electron chi connectivity index (χ2n) is 8.96. The van der Waals surface area contributed by atoms with E-state index in [0.29, 0.717) is 13.1 Å². The molecule has 1 aromatic heterocycles. The van der Waals surface area contributed by atoms with Crippen molar-refractivity contribution in [3.8, 4) is 0 Å². The Bertz CT molecular complexity index is 975. The molecule has 0 amide bonds. The zero-order valence-corrected chi connectivity index (χ0v) is 20.4. The molecule has 2 N–H and O–H groups in total. The van der Waals surface area contributed by atoms with E-state index in [9.17, 15) is 4.79 Å². The number of nitrogens with zero attached hydrogens (tertiary/aromatic N) is 1. The Hall–Kier alpha value is -2.79. The highest BCUT2D eigenvalue weighted by Crippen LogP contribution is 2.29. The molecule has 5 heteroatoms. The topological polar surface area (TPSA) is 57.4 Å². The minimum absolute atomic E-state index is 0.431. The molecule has 0 saturated carbocycles. The molecule has 178 valence electrons. The molecule has 0 spiro atoms. The fourth-order valence-electron chi connectivity index (χ4n) is 4.57. The molecule has 1 aliphatic rings. The number of carbonyl (C=O) groups excluding carboxylic acids is 1. The molecule has 33 heavy (non-hydrogen) atoms. The van der Waals surface area contributed by atoms with Gasteiger partial charge in [-0.3, -0.25) is 4.79 Å².